The van der Waals surface area contributed by atoms with Crippen molar-refractivity contribution in [3.8, 4) is 0 Å². The van der Waals surface area contributed by atoms with Gasteiger partial charge in [-0.3, -0.25) is 14.1 Å². The van der Waals surface area contributed by atoms with Crippen LogP contribution < -0.4 is 0 Å². The maximum absolute atomic E-state index is 11.0. The maximum atomic E-state index is 11.0. The van der Waals surface area contributed by atoms with Gasteiger partial charge in [-0.1, -0.05) is 13.3 Å². The van der Waals surface area contributed by atoms with Crippen molar-refractivity contribution in [3.63, 3.8) is 0 Å². The van der Waals surface area contributed by atoms with Crippen LogP contribution in [0.5, 0.6) is 0 Å². The van der Waals surface area contributed by atoms with E-state index in [4.69, 9.17) is 0 Å². The standard InChI is InChI=1S/C14H18N4O/c1-2-17-8-4-3-7-12(17)14-16-15-13-11(10-19)6-5-9-18(13)14/h5-6,9-10,12H,2-4,7-8H2,1H3. The molecule has 1 saturated heterocycles. The molecule has 0 spiro atoms. The second-order valence-electron chi connectivity index (χ2n) is 4.97. The highest BCUT2D eigenvalue weighted by Crippen LogP contribution is 2.29. The molecule has 3 rings (SSSR count). The number of carbonyl (C=O) groups excluding carboxylic acids is 1. The average Bonchev–Trinajstić information content (AvgIpc) is 2.90. The molecule has 0 aliphatic carbocycles. The summed E-state index contributed by atoms with van der Waals surface area (Å²) in [7, 11) is 0. The van der Waals surface area contributed by atoms with E-state index in [0.29, 0.717) is 17.3 Å². The Bertz CT molecular complexity index is 592. The molecule has 0 radical (unpaired) electrons. The minimum Gasteiger partial charge on any atom is -0.298 e. The van der Waals surface area contributed by atoms with E-state index in [1.165, 1.54) is 12.8 Å². The number of aromatic nitrogens is 3. The zero-order valence-electron chi connectivity index (χ0n) is 11.1. The maximum Gasteiger partial charge on any atom is 0.171 e. The van der Waals surface area contributed by atoms with Crippen LogP contribution in [0.15, 0.2) is 18.3 Å². The van der Waals surface area contributed by atoms with Gasteiger partial charge in [-0.2, -0.15) is 0 Å². The van der Waals surface area contributed by atoms with Gasteiger partial charge < -0.3 is 0 Å². The van der Waals surface area contributed by atoms with Gasteiger partial charge in [0.05, 0.1) is 11.6 Å². The number of pyridine rings is 1. The molecule has 2 aromatic heterocycles. The Morgan fingerprint density at radius 1 is 1.42 bits per heavy atom. The summed E-state index contributed by atoms with van der Waals surface area (Å²) in [5, 5.41) is 8.53. The van der Waals surface area contributed by atoms with Gasteiger partial charge >= 0.3 is 0 Å². The van der Waals surface area contributed by atoms with Crippen LogP contribution in [0, 0.1) is 0 Å². The summed E-state index contributed by atoms with van der Waals surface area (Å²) in [6.07, 6.45) is 6.37. The van der Waals surface area contributed by atoms with E-state index >= 15 is 0 Å². The third-order valence-electron chi connectivity index (χ3n) is 3.94. The summed E-state index contributed by atoms with van der Waals surface area (Å²) < 4.78 is 1.96. The van der Waals surface area contributed by atoms with Crippen LogP contribution >= 0.6 is 0 Å². The number of hydrogen-bond acceptors (Lipinski definition) is 4. The third kappa shape index (κ3) is 2.04. The molecule has 0 amide bonds. The lowest BCUT2D eigenvalue weighted by atomic mass is 10.0. The molecule has 5 heteroatoms. The fraction of sp³-hybridized carbons (Fsp3) is 0.500. The first-order valence-electron chi connectivity index (χ1n) is 6.88. The first-order valence-corrected chi connectivity index (χ1v) is 6.88. The molecule has 0 aromatic carbocycles. The van der Waals surface area contributed by atoms with Crippen LogP contribution in [0.25, 0.3) is 5.65 Å². The van der Waals surface area contributed by atoms with Crippen molar-refractivity contribution >= 4 is 11.9 Å². The Kier molecular flexibility index (Phi) is 3.29. The lowest BCUT2D eigenvalue weighted by Gasteiger charge is -2.33. The van der Waals surface area contributed by atoms with Gasteiger partial charge in [-0.25, -0.2) is 0 Å². The van der Waals surface area contributed by atoms with E-state index in [1.54, 1.807) is 6.07 Å². The Balaban J connectivity index is 2.07. The molecule has 1 atom stereocenters. The Labute approximate surface area is 112 Å². The van der Waals surface area contributed by atoms with E-state index < -0.39 is 0 Å². The summed E-state index contributed by atoms with van der Waals surface area (Å²) in [5.41, 5.74) is 1.26. The molecule has 0 bridgehead atoms. The number of nitrogens with zero attached hydrogens (tertiary/aromatic N) is 4. The fourth-order valence-electron chi connectivity index (χ4n) is 2.94. The highest BCUT2D eigenvalue weighted by Gasteiger charge is 2.27. The number of fused-ring (bicyclic) bond motifs is 1. The third-order valence-corrected chi connectivity index (χ3v) is 3.94. The zero-order chi connectivity index (χ0) is 13.2. The number of carbonyl (C=O) groups is 1. The second kappa shape index (κ2) is 5.09. The van der Waals surface area contributed by atoms with Crippen LogP contribution in [0.3, 0.4) is 0 Å². The van der Waals surface area contributed by atoms with Crippen molar-refractivity contribution in [2.75, 3.05) is 13.1 Å². The Morgan fingerprint density at radius 2 is 2.32 bits per heavy atom. The quantitative estimate of drug-likeness (QED) is 0.791. The summed E-state index contributed by atoms with van der Waals surface area (Å²) in [6, 6.07) is 3.97. The van der Waals surface area contributed by atoms with E-state index in [9.17, 15) is 4.79 Å². The normalized spacial score (nSPS) is 20.8. The molecule has 19 heavy (non-hydrogen) atoms. The molecule has 1 aliphatic rings. The molecular weight excluding hydrogens is 240 g/mol. The molecular formula is C14H18N4O. The predicted octanol–water partition coefficient (Wildman–Crippen LogP) is 2.09. The molecule has 1 aliphatic heterocycles. The van der Waals surface area contributed by atoms with Crippen LogP contribution in [0.1, 0.15) is 48.4 Å². The number of hydrogen-bond donors (Lipinski definition) is 0. The van der Waals surface area contributed by atoms with Crippen LogP contribution in [0.4, 0.5) is 0 Å². The van der Waals surface area contributed by atoms with E-state index in [1.807, 2.05) is 16.7 Å². The average molecular weight is 258 g/mol. The lowest BCUT2D eigenvalue weighted by Crippen LogP contribution is -2.34. The van der Waals surface area contributed by atoms with Gasteiger partial charge in [0, 0.05) is 6.20 Å². The summed E-state index contributed by atoms with van der Waals surface area (Å²) in [4.78, 5) is 13.5. The topological polar surface area (TPSA) is 50.5 Å². The lowest BCUT2D eigenvalue weighted by molar-refractivity contribution is 0.112. The number of aldehydes is 1. The van der Waals surface area contributed by atoms with Crippen LogP contribution in [0.2, 0.25) is 0 Å². The Hall–Kier alpha value is -1.75. The minimum absolute atomic E-state index is 0.315. The summed E-state index contributed by atoms with van der Waals surface area (Å²) >= 11 is 0. The van der Waals surface area contributed by atoms with E-state index in [0.717, 1.165) is 31.6 Å². The molecule has 1 fully saturated rings. The van der Waals surface area contributed by atoms with E-state index in [-0.39, 0.29) is 0 Å². The first-order chi connectivity index (χ1) is 9.35. The molecule has 0 saturated carbocycles. The van der Waals surface area contributed by atoms with Crippen molar-refractivity contribution in [3.05, 3.63) is 29.7 Å². The Morgan fingerprint density at radius 3 is 3.11 bits per heavy atom. The van der Waals surface area contributed by atoms with Gasteiger partial charge in [0.25, 0.3) is 0 Å². The number of rotatable bonds is 3. The van der Waals surface area contributed by atoms with Crippen molar-refractivity contribution in [2.24, 2.45) is 0 Å². The molecule has 100 valence electrons. The molecule has 5 nitrogen and oxygen atoms in total. The molecule has 2 aromatic rings. The molecule has 1 unspecified atom stereocenters. The highest BCUT2D eigenvalue weighted by atomic mass is 16.1. The SMILES string of the molecule is CCN1CCCCC1c1nnc2c(C=O)cccn12. The van der Waals surface area contributed by atoms with Gasteiger partial charge in [0.15, 0.2) is 17.8 Å². The van der Waals surface area contributed by atoms with Crippen molar-refractivity contribution in [2.45, 2.75) is 32.2 Å². The number of likely N-dealkylation sites (tertiary alicyclic amines) is 1. The van der Waals surface area contributed by atoms with Gasteiger partial charge in [-0.15, -0.1) is 10.2 Å². The highest BCUT2D eigenvalue weighted by molar-refractivity contribution is 5.83. The predicted molar refractivity (Wildman–Crippen MR) is 72.2 cm³/mol. The fourth-order valence-corrected chi connectivity index (χ4v) is 2.94. The van der Waals surface area contributed by atoms with Gasteiger partial charge in [0.1, 0.15) is 0 Å². The van der Waals surface area contributed by atoms with Gasteiger partial charge in [-0.05, 0) is 38.1 Å². The minimum atomic E-state index is 0.315. The summed E-state index contributed by atoms with van der Waals surface area (Å²) in [5.74, 6) is 0.959. The zero-order valence-corrected chi connectivity index (χ0v) is 11.1. The summed E-state index contributed by atoms with van der Waals surface area (Å²) in [6.45, 7) is 4.31. The molecule has 0 N–H and O–H groups in total. The van der Waals surface area contributed by atoms with Crippen molar-refractivity contribution in [1.82, 2.24) is 19.5 Å². The van der Waals surface area contributed by atoms with Gasteiger partial charge in [0.2, 0.25) is 0 Å². The van der Waals surface area contributed by atoms with Crippen LogP contribution in [-0.2, 0) is 0 Å². The van der Waals surface area contributed by atoms with Crippen molar-refractivity contribution in [1.29, 1.82) is 0 Å². The molecule has 3 heterocycles. The number of piperidine rings is 1. The smallest absolute Gasteiger partial charge is 0.171 e. The monoisotopic (exact) mass is 258 g/mol. The first kappa shape index (κ1) is 12.3. The van der Waals surface area contributed by atoms with Crippen LogP contribution in [-0.4, -0.2) is 38.9 Å². The van der Waals surface area contributed by atoms with E-state index in [2.05, 4.69) is 22.0 Å². The largest absolute Gasteiger partial charge is 0.298 e. The van der Waals surface area contributed by atoms with Crippen molar-refractivity contribution < 1.29 is 4.79 Å². The second-order valence-corrected chi connectivity index (χ2v) is 4.97.